The number of hydrogen-bond acceptors (Lipinski definition) is 3. The highest BCUT2D eigenvalue weighted by molar-refractivity contribution is 6.24. The number of ether oxygens (including phenoxy) is 1. The molecule has 0 aliphatic carbocycles. The van der Waals surface area contributed by atoms with E-state index in [9.17, 15) is 9.59 Å². The fourth-order valence-corrected chi connectivity index (χ4v) is 4.21. The maximum Gasteiger partial charge on any atom is 0.292 e. The number of hydrogen-bond donors (Lipinski definition) is 1. The number of rotatable bonds is 2. The normalized spacial score (nSPS) is 30.2. The lowest BCUT2D eigenvalue weighted by molar-refractivity contribution is -0.929. The Labute approximate surface area is 147 Å². The second-order valence-electron chi connectivity index (χ2n) is 7.15. The number of nitrogens with one attached hydrogen (secondary N) is 1. The maximum atomic E-state index is 13.1. The fraction of sp³-hybridized carbons (Fsp3) is 0.400. The van der Waals surface area contributed by atoms with Crippen molar-refractivity contribution in [1.82, 2.24) is 0 Å². The van der Waals surface area contributed by atoms with Crippen LogP contribution in [0.15, 0.2) is 42.5 Å². The molecule has 130 valence electrons. The van der Waals surface area contributed by atoms with Crippen molar-refractivity contribution in [3.8, 4) is 0 Å². The summed E-state index contributed by atoms with van der Waals surface area (Å²) in [6.45, 7) is 5.58. The molecule has 2 aromatic carbocycles. The van der Waals surface area contributed by atoms with E-state index in [0.29, 0.717) is 5.69 Å². The third-order valence-corrected chi connectivity index (χ3v) is 5.21. The van der Waals surface area contributed by atoms with Crippen molar-refractivity contribution in [1.29, 1.82) is 0 Å². The van der Waals surface area contributed by atoms with Crippen LogP contribution in [-0.4, -0.2) is 43.2 Å². The maximum absolute atomic E-state index is 13.1. The monoisotopic (exact) mass is 339 g/mol. The molecular formula is C20H23N2O3+. The number of amides is 2. The molecule has 25 heavy (non-hydrogen) atoms. The Hall–Kier alpha value is -2.24. The summed E-state index contributed by atoms with van der Waals surface area (Å²) in [4.78, 5) is 28.4. The summed E-state index contributed by atoms with van der Waals surface area (Å²) in [6.07, 6.45) is 0.484. The standard InChI is InChI=1S/C20H22N2O3/c1-13-11-21(12-14(2)25-13)18-10-19(23)22(20(18)24)17-9-5-7-15-6-3-4-8-16(15)17/h3-9,13-14,18H,10-12H2,1-2H3/p+1/t13-,14-,18+/m0/s1. The second kappa shape index (κ2) is 6.24. The highest BCUT2D eigenvalue weighted by atomic mass is 16.5. The number of carbonyl (C=O) groups is 2. The van der Waals surface area contributed by atoms with Crippen molar-refractivity contribution >= 4 is 28.3 Å². The molecule has 2 heterocycles. The molecule has 3 atom stereocenters. The summed E-state index contributed by atoms with van der Waals surface area (Å²) in [7, 11) is 0. The molecule has 2 saturated heterocycles. The summed E-state index contributed by atoms with van der Waals surface area (Å²) >= 11 is 0. The fourth-order valence-electron chi connectivity index (χ4n) is 4.21. The lowest BCUT2D eigenvalue weighted by atomic mass is 10.1. The van der Waals surface area contributed by atoms with Gasteiger partial charge < -0.3 is 9.64 Å². The zero-order chi connectivity index (χ0) is 17.6. The zero-order valence-electron chi connectivity index (χ0n) is 14.6. The highest BCUT2D eigenvalue weighted by Gasteiger charge is 2.47. The molecule has 2 aromatic rings. The van der Waals surface area contributed by atoms with Crippen LogP contribution < -0.4 is 9.80 Å². The minimum absolute atomic E-state index is 0.0855. The van der Waals surface area contributed by atoms with Crippen molar-refractivity contribution in [3.63, 3.8) is 0 Å². The van der Waals surface area contributed by atoms with E-state index in [4.69, 9.17) is 4.74 Å². The van der Waals surface area contributed by atoms with Crippen molar-refractivity contribution in [2.45, 2.75) is 38.5 Å². The van der Waals surface area contributed by atoms with Crippen LogP contribution in [0.1, 0.15) is 20.3 Å². The number of fused-ring (bicyclic) bond motifs is 1. The number of quaternary nitrogens is 1. The molecule has 4 rings (SSSR count). The van der Waals surface area contributed by atoms with Crippen LogP contribution >= 0.6 is 0 Å². The second-order valence-corrected chi connectivity index (χ2v) is 7.15. The number of morpholine rings is 1. The molecule has 0 saturated carbocycles. The van der Waals surface area contributed by atoms with E-state index >= 15 is 0 Å². The zero-order valence-corrected chi connectivity index (χ0v) is 14.6. The molecule has 2 amide bonds. The van der Waals surface area contributed by atoms with Gasteiger partial charge in [0.15, 0.2) is 6.04 Å². The van der Waals surface area contributed by atoms with Crippen LogP contribution in [0.2, 0.25) is 0 Å². The van der Waals surface area contributed by atoms with Gasteiger partial charge in [-0.25, -0.2) is 4.90 Å². The first-order chi connectivity index (χ1) is 12.0. The van der Waals surface area contributed by atoms with Crippen LogP contribution in [0, 0.1) is 0 Å². The first-order valence-corrected chi connectivity index (χ1v) is 8.89. The van der Waals surface area contributed by atoms with E-state index in [1.807, 2.05) is 56.3 Å². The molecule has 2 aliphatic rings. The number of benzene rings is 2. The molecule has 0 spiro atoms. The predicted molar refractivity (Wildman–Crippen MR) is 95.6 cm³/mol. The molecular weight excluding hydrogens is 316 g/mol. The summed E-state index contributed by atoms with van der Waals surface area (Å²) < 4.78 is 5.78. The van der Waals surface area contributed by atoms with E-state index in [0.717, 1.165) is 28.8 Å². The van der Waals surface area contributed by atoms with Gasteiger partial charge in [0.2, 0.25) is 5.91 Å². The predicted octanol–water partition coefficient (Wildman–Crippen LogP) is 1.16. The third kappa shape index (κ3) is 2.83. The van der Waals surface area contributed by atoms with Crippen LogP contribution in [0.4, 0.5) is 5.69 Å². The minimum atomic E-state index is -0.305. The van der Waals surface area contributed by atoms with Crippen LogP contribution in [0.3, 0.4) is 0 Å². The van der Waals surface area contributed by atoms with Gasteiger partial charge in [-0.05, 0) is 25.3 Å². The van der Waals surface area contributed by atoms with Gasteiger partial charge in [0.05, 0.1) is 12.1 Å². The largest absolute Gasteiger partial charge is 0.364 e. The Morgan fingerprint density at radius 3 is 2.44 bits per heavy atom. The number of imide groups is 1. The molecule has 0 aromatic heterocycles. The molecule has 0 bridgehead atoms. The number of carbonyl (C=O) groups excluding carboxylic acids is 2. The average molecular weight is 339 g/mol. The lowest BCUT2D eigenvalue weighted by Gasteiger charge is -2.34. The molecule has 5 nitrogen and oxygen atoms in total. The van der Waals surface area contributed by atoms with Crippen molar-refractivity contribution in [2.75, 3.05) is 18.0 Å². The lowest BCUT2D eigenvalue weighted by Crippen LogP contribution is -3.19. The quantitative estimate of drug-likeness (QED) is 0.836. The van der Waals surface area contributed by atoms with Gasteiger partial charge >= 0.3 is 0 Å². The SMILES string of the molecule is C[C@H]1C[NH+]([C@@H]2CC(=O)N(c3cccc4ccccc34)C2=O)C[C@H](C)O1. The molecule has 1 N–H and O–H groups in total. The minimum Gasteiger partial charge on any atom is -0.364 e. The molecule has 2 fully saturated rings. The van der Waals surface area contributed by atoms with Crippen molar-refractivity contribution in [3.05, 3.63) is 42.5 Å². The van der Waals surface area contributed by atoms with Crippen LogP contribution in [0.5, 0.6) is 0 Å². The van der Waals surface area contributed by atoms with Gasteiger partial charge in [-0.1, -0.05) is 36.4 Å². The average Bonchev–Trinajstić information content (AvgIpc) is 2.88. The Morgan fingerprint density at radius 2 is 1.68 bits per heavy atom. The first kappa shape index (κ1) is 16.2. The third-order valence-electron chi connectivity index (χ3n) is 5.21. The van der Waals surface area contributed by atoms with Gasteiger partial charge in [0.25, 0.3) is 5.91 Å². The van der Waals surface area contributed by atoms with E-state index in [1.165, 1.54) is 4.90 Å². The summed E-state index contributed by atoms with van der Waals surface area (Å²) in [5.74, 6) is -0.191. The first-order valence-electron chi connectivity index (χ1n) is 8.89. The number of nitrogens with zero attached hydrogens (tertiary/aromatic N) is 1. The van der Waals surface area contributed by atoms with Crippen molar-refractivity contribution < 1.29 is 19.2 Å². The number of anilines is 1. The Bertz CT molecular complexity index is 819. The molecule has 5 heteroatoms. The summed E-state index contributed by atoms with van der Waals surface area (Å²) in [5, 5.41) is 1.97. The van der Waals surface area contributed by atoms with Gasteiger partial charge in [0, 0.05) is 5.39 Å². The van der Waals surface area contributed by atoms with E-state index in [1.54, 1.807) is 0 Å². The van der Waals surface area contributed by atoms with Crippen LogP contribution in [-0.2, 0) is 14.3 Å². The van der Waals surface area contributed by atoms with Crippen molar-refractivity contribution in [2.24, 2.45) is 0 Å². The van der Waals surface area contributed by atoms with E-state index in [2.05, 4.69) is 0 Å². The Balaban J connectivity index is 1.67. The van der Waals surface area contributed by atoms with Gasteiger partial charge in [-0.3, -0.25) is 9.59 Å². The highest BCUT2D eigenvalue weighted by Crippen LogP contribution is 2.30. The smallest absolute Gasteiger partial charge is 0.292 e. The summed E-state index contributed by atoms with van der Waals surface area (Å²) in [5.41, 5.74) is 0.698. The topological polar surface area (TPSA) is 51.0 Å². The van der Waals surface area contributed by atoms with Crippen LogP contribution in [0.25, 0.3) is 10.8 Å². The van der Waals surface area contributed by atoms with E-state index in [-0.39, 0.29) is 36.5 Å². The Kier molecular flexibility index (Phi) is 4.06. The van der Waals surface area contributed by atoms with Gasteiger partial charge in [0.1, 0.15) is 25.3 Å². The Morgan fingerprint density at radius 1 is 1.00 bits per heavy atom. The molecule has 2 aliphatic heterocycles. The molecule has 0 radical (unpaired) electrons. The van der Waals surface area contributed by atoms with E-state index < -0.39 is 0 Å². The summed E-state index contributed by atoms with van der Waals surface area (Å²) in [6, 6.07) is 13.3. The molecule has 0 unspecified atom stereocenters. The van der Waals surface area contributed by atoms with Gasteiger partial charge in [-0.2, -0.15) is 0 Å². The van der Waals surface area contributed by atoms with Gasteiger partial charge in [-0.15, -0.1) is 0 Å².